The van der Waals surface area contributed by atoms with E-state index in [0.29, 0.717) is 29.5 Å². The Morgan fingerprint density at radius 2 is 2.00 bits per heavy atom. The number of nitrogens with one attached hydrogen (secondary N) is 1. The summed E-state index contributed by atoms with van der Waals surface area (Å²) in [6, 6.07) is 11.0. The van der Waals surface area contributed by atoms with Crippen LogP contribution in [0.4, 0.5) is 5.82 Å². The SMILES string of the molecule is CCCCCCNc1ncccc1C(=O)c1cccc(OCC(C)C)c1. The summed E-state index contributed by atoms with van der Waals surface area (Å²) < 4.78 is 5.74. The van der Waals surface area contributed by atoms with Gasteiger partial charge >= 0.3 is 0 Å². The Bertz CT molecular complexity index is 698. The van der Waals surface area contributed by atoms with Crippen LogP contribution in [0.1, 0.15) is 62.4 Å². The zero-order valence-corrected chi connectivity index (χ0v) is 16.1. The molecule has 0 bridgehead atoms. The van der Waals surface area contributed by atoms with Crippen LogP contribution in [0, 0.1) is 5.92 Å². The van der Waals surface area contributed by atoms with Gasteiger partial charge in [-0.2, -0.15) is 0 Å². The molecule has 0 aliphatic heterocycles. The normalized spacial score (nSPS) is 10.8. The van der Waals surface area contributed by atoms with Gasteiger partial charge in [-0.15, -0.1) is 0 Å². The summed E-state index contributed by atoms with van der Waals surface area (Å²) in [4.78, 5) is 17.3. The van der Waals surface area contributed by atoms with Gasteiger partial charge in [0, 0.05) is 18.3 Å². The van der Waals surface area contributed by atoms with E-state index in [2.05, 4.69) is 31.1 Å². The number of hydrogen-bond acceptors (Lipinski definition) is 4. The summed E-state index contributed by atoms with van der Waals surface area (Å²) in [5.74, 6) is 1.78. The number of anilines is 1. The predicted octanol–water partition coefficient (Wildman–Crippen LogP) is 5.34. The Balaban J connectivity index is 2.08. The van der Waals surface area contributed by atoms with Crippen molar-refractivity contribution >= 4 is 11.6 Å². The quantitative estimate of drug-likeness (QED) is 0.437. The lowest BCUT2D eigenvalue weighted by Gasteiger charge is -2.12. The minimum absolute atomic E-state index is 0.0378. The van der Waals surface area contributed by atoms with Gasteiger partial charge in [-0.25, -0.2) is 4.98 Å². The fraction of sp³-hybridized carbons (Fsp3) is 0.455. The highest BCUT2D eigenvalue weighted by atomic mass is 16.5. The van der Waals surface area contributed by atoms with Crippen molar-refractivity contribution in [1.82, 2.24) is 4.98 Å². The highest BCUT2D eigenvalue weighted by molar-refractivity contribution is 6.12. The highest BCUT2D eigenvalue weighted by Crippen LogP contribution is 2.21. The molecule has 0 amide bonds. The van der Waals surface area contributed by atoms with Crippen molar-refractivity contribution in [3.8, 4) is 5.75 Å². The van der Waals surface area contributed by atoms with E-state index >= 15 is 0 Å². The summed E-state index contributed by atoms with van der Waals surface area (Å²) in [5, 5.41) is 3.31. The summed E-state index contributed by atoms with van der Waals surface area (Å²) in [6.07, 6.45) is 6.43. The second-order valence-electron chi connectivity index (χ2n) is 6.95. The van der Waals surface area contributed by atoms with Crippen LogP contribution in [0.25, 0.3) is 0 Å². The summed E-state index contributed by atoms with van der Waals surface area (Å²) in [5.41, 5.74) is 1.22. The van der Waals surface area contributed by atoms with E-state index in [9.17, 15) is 4.79 Å². The van der Waals surface area contributed by atoms with Crippen molar-refractivity contribution in [3.63, 3.8) is 0 Å². The smallest absolute Gasteiger partial charge is 0.196 e. The van der Waals surface area contributed by atoms with Crippen LogP contribution in [0.2, 0.25) is 0 Å². The van der Waals surface area contributed by atoms with E-state index in [-0.39, 0.29) is 5.78 Å². The molecule has 0 aliphatic carbocycles. The molecular weight excluding hydrogens is 324 g/mol. The lowest BCUT2D eigenvalue weighted by molar-refractivity contribution is 0.103. The molecule has 1 aromatic heterocycles. The predicted molar refractivity (Wildman–Crippen MR) is 107 cm³/mol. The first-order valence-corrected chi connectivity index (χ1v) is 9.58. The molecule has 2 aromatic rings. The first-order valence-electron chi connectivity index (χ1n) is 9.58. The number of hydrogen-bond donors (Lipinski definition) is 1. The van der Waals surface area contributed by atoms with Gasteiger partial charge in [0.25, 0.3) is 0 Å². The number of pyridine rings is 1. The summed E-state index contributed by atoms with van der Waals surface area (Å²) in [7, 11) is 0. The van der Waals surface area contributed by atoms with Crippen molar-refractivity contribution in [3.05, 3.63) is 53.7 Å². The molecular formula is C22H30N2O2. The van der Waals surface area contributed by atoms with Crippen LogP contribution in [0.5, 0.6) is 5.75 Å². The minimum atomic E-state index is -0.0378. The molecule has 2 rings (SSSR count). The number of rotatable bonds is 11. The van der Waals surface area contributed by atoms with E-state index in [1.54, 1.807) is 12.3 Å². The van der Waals surface area contributed by atoms with Gasteiger partial charge in [0.05, 0.1) is 12.2 Å². The maximum absolute atomic E-state index is 13.0. The lowest BCUT2D eigenvalue weighted by Crippen LogP contribution is -2.11. The van der Waals surface area contributed by atoms with Gasteiger partial charge in [0.2, 0.25) is 0 Å². The van der Waals surface area contributed by atoms with E-state index < -0.39 is 0 Å². The molecule has 0 saturated heterocycles. The first-order chi connectivity index (χ1) is 12.6. The van der Waals surface area contributed by atoms with Crippen molar-refractivity contribution in [1.29, 1.82) is 0 Å². The molecule has 0 aliphatic rings. The lowest BCUT2D eigenvalue weighted by atomic mass is 10.0. The summed E-state index contributed by atoms with van der Waals surface area (Å²) >= 11 is 0. The molecule has 1 N–H and O–H groups in total. The number of ketones is 1. The Kier molecular flexibility index (Phi) is 8.13. The Morgan fingerprint density at radius 1 is 1.15 bits per heavy atom. The van der Waals surface area contributed by atoms with E-state index in [0.717, 1.165) is 18.7 Å². The monoisotopic (exact) mass is 354 g/mol. The fourth-order valence-electron chi connectivity index (χ4n) is 2.63. The number of aromatic nitrogens is 1. The minimum Gasteiger partial charge on any atom is -0.493 e. The number of nitrogens with zero attached hydrogens (tertiary/aromatic N) is 1. The van der Waals surface area contributed by atoms with Gasteiger partial charge < -0.3 is 10.1 Å². The zero-order valence-electron chi connectivity index (χ0n) is 16.1. The van der Waals surface area contributed by atoms with Gasteiger partial charge in [-0.3, -0.25) is 4.79 Å². The number of unbranched alkanes of at least 4 members (excludes halogenated alkanes) is 3. The van der Waals surface area contributed by atoms with Crippen molar-refractivity contribution in [2.45, 2.75) is 46.5 Å². The number of benzene rings is 1. The fourth-order valence-corrected chi connectivity index (χ4v) is 2.63. The van der Waals surface area contributed by atoms with Crippen LogP contribution in [0.15, 0.2) is 42.6 Å². The molecule has 4 heteroatoms. The topological polar surface area (TPSA) is 51.2 Å². The number of ether oxygens (including phenoxy) is 1. The first kappa shape index (κ1) is 20.0. The van der Waals surface area contributed by atoms with Gasteiger partial charge in [0.1, 0.15) is 11.6 Å². The Morgan fingerprint density at radius 3 is 2.77 bits per heavy atom. The second kappa shape index (κ2) is 10.6. The van der Waals surface area contributed by atoms with Crippen LogP contribution in [-0.4, -0.2) is 23.9 Å². The van der Waals surface area contributed by atoms with Crippen LogP contribution in [-0.2, 0) is 0 Å². The largest absolute Gasteiger partial charge is 0.493 e. The third kappa shape index (κ3) is 6.17. The van der Waals surface area contributed by atoms with Crippen molar-refractivity contribution in [2.24, 2.45) is 5.92 Å². The Labute approximate surface area is 157 Å². The van der Waals surface area contributed by atoms with Crippen molar-refractivity contribution < 1.29 is 9.53 Å². The van der Waals surface area contributed by atoms with Crippen LogP contribution >= 0.6 is 0 Å². The van der Waals surface area contributed by atoms with Gasteiger partial charge in [0.15, 0.2) is 5.78 Å². The average Bonchev–Trinajstić information content (AvgIpc) is 2.66. The molecule has 0 atom stereocenters. The van der Waals surface area contributed by atoms with E-state index in [4.69, 9.17) is 4.74 Å². The second-order valence-corrected chi connectivity index (χ2v) is 6.95. The molecule has 0 spiro atoms. The average molecular weight is 354 g/mol. The number of carbonyl (C=O) groups excluding carboxylic acids is 1. The maximum Gasteiger partial charge on any atom is 0.196 e. The zero-order chi connectivity index (χ0) is 18.8. The van der Waals surface area contributed by atoms with Gasteiger partial charge in [-0.1, -0.05) is 52.2 Å². The molecule has 0 saturated carbocycles. The third-order valence-electron chi connectivity index (χ3n) is 4.05. The molecule has 26 heavy (non-hydrogen) atoms. The Hall–Kier alpha value is -2.36. The summed E-state index contributed by atoms with van der Waals surface area (Å²) in [6.45, 7) is 7.86. The highest BCUT2D eigenvalue weighted by Gasteiger charge is 2.15. The third-order valence-corrected chi connectivity index (χ3v) is 4.05. The standard InChI is InChI=1S/C22H30N2O2/c1-4-5-6-7-13-23-22-20(12-9-14-24-22)21(25)18-10-8-11-19(15-18)26-16-17(2)3/h8-12,14-15,17H,4-7,13,16H2,1-3H3,(H,23,24). The molecule has 0 fully saturated rings. The maximum atomic E-state index is 13.0. The molecule has 4 nitrogen and oxygen atoms in total. The van der Waals surface area contributed by atoms with Crippen LogP contribution < -0.4 is 10.1 Å². The van der Waals surface area contributed by atoms with E-state index in [1.165, 1.54) is 19.3 Å². The van der Waals surface area contributed by atoms with Crippen LogP contribution in [0.3, 0.4) is 0 Å². The molecule has 0 unspecified atom stereocenters. The van der Waals surface area contributed by atoms with Gasteiger partial charge in [-0.05, 0) is 36.6 Å². The molecule has 1 aromatic carbocycles. The molecule has 140 valence electrons. The molecule has 0 radical (unpaired) electrons. The van der Waals surface area contributed by atoms with Crippen molar-refractivity contribution in [2.75, 3.05) is 18.5 Å². The molecule has 1 heterocycles. The van der Waals surface area contributed by atoms with E-state index in [1.807, 2.05) is 30.3 Å². The number of carbonyl (C=O) groups is 1.